The molecular formula is C14H21BrN2O2S. The molecule has 1 saturated heterocycles. The van der Waals surface area contributed by atoms with Crippen LogP contribution in [-0.4, -0.2) is 26.8 Å². The molecule has 1 atom stereocenters. The van der Waals surface area contributed by atoms with Crippen molar-refractivity contribution in [2.45, 2.75) is 38.3 Å². The van der Waals surface area contributed by atoms with Gasteiger partial charge in [0.25, 0.3) is 0 Å². The molecule has 1 aliphatic heterocycles. The van der Waals surface area contributed by atoms with Crippen LogP contribution in [0.25, 0.3) is 0 Å². The van der Waals surface area contributed by atoms with Gasteiger partial charge in [-0.05, 0) is 37.4 Å². The van der Waals surface area contributed by atoms with Crippen LogP contribution >= 0.6 is 15.9 Å². The van der Waals surface area contributed by atoms with E-state index in [9.17, 15) is 8.42 Å². The van der Waals surface area contributed by atoms with Crippen LogP contribution in [0, 0.1) is 0 Å². The third-order valence-corrected chi connectivity index (χ3v) is 5.72. The molecule has 1 aliphatic rings. The number of hydrogen-bond acceptors (Lipinski definition) is 3. The van der Waals surface area contributed by atoms with Crippen molar-refractivity contribution >= 4 is 26.0 Å². The predicted octanol–water partition coefficient (Wildman–Crippen LogP) is 2.40. The van der Waals surface area contributed by atoms with Crippen molar-refractivity contribution in [1.82, 2.24) is 10.0 Å². The van der Waals surface area contributed by atoms with Crippen molar-refractivity contribution in [3.05, 3.63) is 34.3 Å². The maximum absolute atomic E-state index is 12.0. The molecule has 1 heterocycles. The summed E-state index contributed by atoms with van der Waals surface area (Å²) in [5.41, 5.74) is 0.951. The highest BCUT2D eigenvalue weighted by molar-refractivity contribution is 9.10. The Kier molecular flexibility index (Phi) is 6.01. The lowest BCUT2D eigenvalue weighted by Gasteiger charge is -2.23. The van der Waals surface area contributed by atoms with E-state index < -0.39 is 10.0 Å². The van der Waals surface area contributed by atoms with E-state index in [0.29, 0.717) is 19.0 Å². The first-order chi connectivity index (χ1) is 9.57. The minimum atomic E-state index is -3.21. The highest BCUT2D eigenvalue weighted by atomic mass is 79.9. The first-order valence-electron chi connectivity index (χ1n) is 7.01. The average Bonchev–Trinajstić information content (AvgIpc) is 2.46. The lowest BCUT2D eigenvalue weighted by molar-refractivity contribution is 0.392. The fourth-order valence-corrected chi connectivity index (χ4v) is 3.91. The summed E-state index contributed by atoms with van der Waals surface area (Å²) in [6.45, 7) is 1.34. The lowest BCUT2D eigenvalue weighted by atomic mass is 10.0. The van der Waals surface area contributed by atoms with Gasteiger partial charge < -0.3 is 5.32 Å². The molecule has 20 heavy (non-hydrogen) atoms. The Morgan fingerprint density at radius 2 is 2.10 bits per heavy atom. The van der Waals surface area contributed by atoms with Gasteiger partial charge in [0.05, 0.1) is 5.75 Å². The second kappa shape index (κ2) is 7.54. The van der Waals surface area contributed by atoms with Crippen LogP contribution in [0.3, 0.4) is 0 Å². The summed E-state index contributed by atoms with van der Waals surface area (Å²) in [6.07, 6.45) is 4.16. The molecule has 6 heteroatoms. The predicted molar refractivity (Wildman–Crippen MR) is 85.0 cm³/mol. The van der Waals surface area contributed by atoms with E-state index in [4.69, 9.17) is 0 Å². The number of piperidine rings is 1. The molecular weight excluding hydrogens is 340 g/mol. The molecule has 0 aromatic heterocycles. The van der Waals surface area contributed by atoms with Crippen LogP contribution in [-0.2, 0) is 16.6 Å². The number of rotatable bonds is 6. The van der Waals surface area contributed by atoms with E-state index >= 15 is 0 Å². The van der Waals surface area contributed by atoms with Crippen LogP contribution in [0.4, 0.5) is 0 Å². The monoisotopic (exact) mass is 360 g/mol. The van der Waals surface area contributed by atoms with E-state index in [1.165, 1.54) is 12.8 Å². The van der Waals surface area contributed by atoms with Crippen molar-refractivity contribution < 1.29 is 8.42 Å². The highest BCUT2D eigenvalue weighted by Gasteiger charge is 2.17. The molecule has 0 aliphatic carbocycles. The summed E-state index contributed by atoms with van der Waals surface area (Å²) in [6, 6.07) is 7.99. The van der Waals surface area contributed by atoms with E-state index in [2.05, 4.69) is 26.0 Å². The summed E-state index contributed by atoms with van der Waals surface area (Å²) < 4.78 is 27.6. The normalized spacial score (nSPS) is 19.9. The smallest absolute Gasteiger partial charge is 0.211 e. The quantitative estimate of drug-likeness (QED) is 0.818. The Morgan fingerprint density at radius 3 is 2.80 bits per heavy atom. The van der Waals surface area contributed by atoms with Crippen molar-refractivity contribution in [3.8, 4) is 0 Å². The molecule has 4 nitrogen and oxygen atoms in total. The Labute approximate surface area is 129 Å². The average molecular weight is 361 g/mol. The molecule has 1 unspecified atom stereocenters. The molecule has 0 amide bonds. The van der Waals surface area contributed by atoms with Gasteiger partial charge in [0.1, 0.15) is 0 Å². The highest BCUT2D eigenvalue weighted by Crippen LogP contribution is 2.16. The van der Waals surface area contributed by atoms with E-state index in [1.54, 1.807) is 0 Å². The Balaban J connectivity index is 1.80. The summed E-state index contributed by atoms with van der Waals surface area (Å²) >= 11 is 3.42. The zero-order valence-electron chi connectivity index (χ0n) is 11.4. The standard InChI is InChI=1S/C14H21BrN2O2S/c15-14-7-2-1-5-12(14)11-17-20(18,19)10-8-13-6-3-4-9-16-13/h1-2,5,7,13,16-17H,3-4,6,8-11H2. The van der Waals surface area contributed by atoms with Gasteiger partial charge in [-0.15, -0.1) is 0 Å². The van der Waals surface area contributed by atoms with Gasteiger partial charge in [-0.2, -0.15) is 0 Å². The van der Waals surface area contributed by atoms with Crippen LogP contribution in [0.1, 0.15) is 31.2 Å². The molecule has 0 saturated carbocycles. The minimum absolute atomic E-state index is 0.190. The molecule has 1 aromatic carbocycles. The summed E-state index contributed by atoms with van der Waals surface area (Å²) in [5.74, 6) is 0.190. The fraction of sp³-hybridized carbons (Fsp3) is 0.571. The molecule has 0 bridgehead atoms. The van der Waals surface area contributed by atoms with E-state index in [1.807, 2.05) is 24.3 Å². The van der Waals surface area contributed by atoms with E-state index in [0.717, 1.165) is 23.0 Å². The fourth-order valence-electron chi connectivity index (χ4n) is 2.37. The summed E-state index contributed by atoms with van der Waals surface area (Å²) in [7, 11) is -3.21. The molecule has 1 fully saturated rings. The lowest BCUT2D eigenvalue weighted by Crippen LogP contribution is -2.37. The van der Waals surface area contributed by atoms with Crippen molar-refractivity contribution in [2.24, 2.45) is 0 Å². The van der Waals surface area contributed by atoms with Gasteiger partial charge in [-0.3, -0.25) is 0 Å². The SMILES string of the molecule is O=S(=O)(CCC1CCCCN1)NCc1ccccc1Br. The van der Waals surface area contributed by atoms with Gasteiger partial charge in [-0.25, -0.2) is 13.1 Å². The molecule has 112 valence electrons. The van der Waals surface area contributed by atoms with Crippen molar-refractivity contribution in [3.63, 3.8) is 0 Å². The largest absolute Gasteiger partial charge is 0.314 e. The Hall–Kier alpha value is -0.430. The van der Waals surface area contributed by atoms with Gasteiger partial charge in [0.2, 0.25) is 10.0 Å². The summed E-state index contributed by atoms with van der Waals surface area (Å²) in [5, 5.41) is 3.37. The third-order valence-electron chi connectivity index (χ3n) is 3.59. The van der Waals surface area contributed by atoms with Crippen LogP contribution in [0.15, 0.2) is 28.7 Å². The third kappa shape index (κ3) is 5.16. The van der Waals surface area contributed by atoms with Crippen LogP contribution < -0.4 is 10.0 Å². The second-order valence-electron chi connectivity index (χ2n) is 5.17. The molecule has 2 N–H and O–H groups in total. The zero-order valence-corrected chi connectivity index (χ0v) is 13.8. The minimum Gasteiger partial charge on any atom is -0.314 e. The van der Waals surface area contributed by atoms with Gasteiger partial charge in [0, 0.05) is 17.1 Å². The van der Waals surface area contributed by atoms with Gasteiger partial charge in [-0.1, -0.05) is 40.5 Å². The molecule has 0 radical (unpaired) electrons. The van der Waals surface area contributed by atoms with Gasteiger partial charge in [0.15, 0.2) is 0 Å². The maximum Gasteiger partial charge on any atom is 0.211 e. The molecule has 2 rings (SSSR count). The number of halogens is 1. The first-order valence-corrected chi connectivity index (χ1v) is 9.45. The topological polar surface area (TPSA) is 58.2 Å². The number of sulfonamides is 1. The Bertz CT molecular complexity index is 528. The van der Waals surface area contributed by atoms with Crippen molar-refractivity contribution in [2.75, 3.05) is 12.3 Å². The Morgan fingerprint density at radius 1 is 1.30 bits per heavy atom. The zero-order chi connectivity index (χ0) is 14.4. The summed E-state index contributed by atoms with van der Waals surface area (Å²) in [4.78, 5) is 0. The number of nitrogens with one attached hydrogen (secondary N) is 2. The second-order valence-corrected chi connectivity index (χ2v) is 7.95. The first kappa shape index (κ1) is 15.9. The number of hydrogen-bond donors (Lipinski definition) is 2. The maximum atomic E-state index is 12.0. The molecule has 0 spiro atoms. The van der Waals surface area contributed by atoms with E-state index in [-0.39, 0.29) is 5.75 Å². The molecule has 1 aromatic rings. The van der Waals surface area contributed by atoms with Crippen molar-refractivity contribution in [1.29, 1.82) is 0 Å². The van der Waals surface area contributed by atoms with Gasteiger partial charge >= 0.3 is 0 Å². The van der Waals surface area contributed by atoms with Crippen LogP contribution in [0.5, 0.6) is 0 Å². The number of benzene rings is 1. The van der Waals surface area contributed by atoms with Crippen LogP contribution in [0.2, 0.25) is 0 Å².